The van der Waals surface area contributed by atoms with E-state index in [0.29, 0.717) is 34.8 Å². The molecule has 2 heterocycles. The molecule has 1 aromatic carbocycles. The molecular formula is C17H17N3O3S. The number of benzene rings is 1. The molecule has 2 saturated carbocycles. The molecule has 2 fully saturated rings. The smallest absolute Gasteiger partial charge is 0.231 e. The van der Waals surface area contributed by atoms with Crippen molar-refractivity contribution < 1.29 is 14.3 Å². The fourth-order valence-corrected chi connectivity index (χ4v) is 3.87. The van der Waals surface area contributed by atoms with Crippen LogP contribution in [0.2, 0.25) is 0 Å². The molecule has 7 heteroatoms. The summed E-state index contributed by atoms with van der Waals surface area (Å²) in [5.74, 6) is 3.46. The highest BCUT2D eigenvalue weighted by Crippen LogP contribution is 2.46. The number of hydrogen-bond donors (Lipinski definition) is 0. The van der Waals surface area contributed by atoms with Crippen molar-refractivity contribution in [1.29, 1.82) is 0 Å². The van der Waals surface area contributed by atoms with Crippen LogP contribution in [-0.2, 0) is 0 Å². The van der Waals surface area contributed by atoms with Gasteiger partial charge in [-0.3, -0.25) is 4.79 Å². The summed E-state index contributed by atoms with van der Waals surface area (Å²) in [5.41, 5.74) is 0.645. The van der Waals surface area contributed by atoms with Gasteiger partial charge in [0.25, 0.3) is 0 Å². The molecule has 2 aromatic rings. The van der Waals surface area contributed by atoms with E-state index in [9.17, 15) is 4.79 Å². The van der Waals surface area contributed by atoms with E-state index in [1.54, 1.807) is 18.2 Å². The van der Waals surface area contributed by atoms with Crippen LogP contribution in [0.25, 0.3) is 0 Å². The summed E-state index contributed by atoms with van der Waals surface area (Å²) in [5, 5.41) is 9.61. The first kappa shape index (κ1) is 14.3. The Labute approximate surface area is 143 Å². The van der Waals surface area contributed by atoms with Crippen LogP contribution in [0.3, 0.4) is 0 Å². The second-order valence-electron chi connectivity index (χ2n) is 6.50. The van der Waals surface area contributed by atoms with Crippen LogP contribution in [0.15, 0.2) is 23.4 Å². The topological polar surface area (TPSA) is 66.2 Å². The second-order valence-corrected chi connectivity index (χ2v) is 7.44. The van der Waals surface area contributed by atoms with Crippen molar-refractivity contribution in [2.24, 2.45) is 0 Å². The van der Waals surface area contributed by atoms with Gasteiger partial charge in [-0.15, -0.1) is 10.2 Å². The highest BCUT2D eigenvalue weighted by atomic mass is 32.2. The zero-order chi connectivity index (χ0) is 16.1. The van der Waals surface area contributed by atoms with Crippen LogP contribution in [0.4, 0.5) is 0 Å². The van der Waals surface area contributed by atoms with Crippen molar-refractivity contribution in [2.45, 2.75) is 42.8 Å². The standard InChI is InChI=1S/C17H17N3O3S/c21-13(11-3-6-14-15(7-11)23-9-22-14)8-24-17-19-18-16(10-1-2-10)20(17)12-4-5-12/h3,6-7,10,12H,1-2,4-5,8-9H2. The summed E-state index contributed by atoms with van der Waals surface area (Å²) in [7, 11) is 0. The largest absolute Gasteiger partial charge is 0.454 e. The third-order valence-corrected chi connectivity index (χ3v) is 5.52. The van der Waals surface area contributed by atoms with Crippen LogP contribution in [0.5, 0.6) is 11.5 Å². The molecule has 124 valence electrons. The van der Waals surface area contributed by atoms with Gasteiger partial charge >= 0.3 is 0 Å². The monoisotopic (exact) mass is 343 g/mol. The number of thioether (sulfide) groups is 1. The first-order chi connectivity index (χ1) is 11.8. The quantitative estimate of drug-likeness (QED) is 0.593. The Balaban J connectivity index is 1.31. The van der Waals surface area contributed by atoms with Crippen LogP contribution in [-0.4, -0.2) is 33.1 Å². The number of ketones is 1. The Morgan fingerprint density at radius 1 is 1.17 bits per heavy atom. The lowest BCUT2D eigenvalue weighted by molar-refractivity contribution is 0.102. The molecule has 0 amide bonds. The number of carbonyl (C=O) groups is 1. The Morgan fingerprint density at radius 3 is 2.79 bits per heavy atom. The van der Waals surface area contributed by atoms with Gasteiger partial charge in [-0.2, -0.15) is 0 Å². The molecule has 0 saturated heterocycles. The predicted octanol–water partition coefficient (Wildman–Crippen LogP) is 3.19. The summed E-state index contributed by atoms with van der Waals surface area (Å²) in [6.07, 6.45) is 4.82. The minimum atomic E-state index is 0.0663. The number of aromatic nitrogens is 3. The highest BCUT2D eigenvalue weighted by Gasteiger charge is 2.36. The van der Waals surface area contributed by atoms with Gasteiger partial charge in [-0.1, -0.05) is 11.8 Å². The maximum absolute atomic E-state index is 12.5. The fourth-order valence-electron chi connectivity index (χ4n) is 2.97. The molecule has 1 aromatic heterocycles. The maximum atomic E-state index is 12.5. The van der Waals surface area contributed by atoms with Crippen LogP contribution < -0.4 is 9.47 Å². The third kappa shape index (κ3) is 2.56. The SMILES string of the molecule is O=C(CSc1nnc(C2CC2)n1C1CC1)c1ccc2c(c1)OCO2. The zero-order valence-corrected chi connectivity index (χ0v) is 13.9. The molecule has 0 bridgehead atoms. The fraction of sp³-hybridized carbons (Fsp3) is 0.471. The lowest BCUT2D eigenvalue weighted by Crippen LogP contribution is -2.06. The molecule has 5 rings (SSSR count). The number of carbonyl (C=O) groups excluding carboxylic acids is 1. The van der Waals surface area contributed by atoms with Crippen molar-refractivity contribution in [3.05, 3.63) is 29.6 Å². The maximum Gasteiger partial charge on any atom is 0.231 e. The van der Waals surface area contributed by atoms with Gasteiger partial charge in [0.2, 0.25) is 6.79 Å². The summed E-state index contributed by atoms with van der Waals surface area (Å²) >= 11 is 1.49. The zero-order valence-electron chi connectivity index (χ0n) is 13.1. The van der Waals surface area contributed by atoms with Gasteiger partial charge < -0.3 is 14.0 Å². The van der Waals surface area contributed by atoms with Gasteiger partial charge in [0.05, 0.1) is 5.75 Å². The van der Waals surface area contributed by atoms with Crippen molar-refractivity contribution in [3.8, 4) is 11.5 Å². The van der Waals surface area contributed by atoms with Crippen molar-refractivity contribution in [2.75, 3.05) is 12.5 Å². The average molecular weight is 343 g/mol. The molecule has 0 spiro atoms. The van der Waals surface area contributed by atoms with Crippen LogP contribution >= 0.6 is 11.8 Å². The molecule has 24 heavy (non-hydrogen) atoms. The first-order valence-corrected chi connectivity index (χ1v) is 9.28. The molecular weight excluding hydrogens is 326 g/mol. The Bertz CT molecular complexity index is 811. The average Bonchev–Trinajstić information content (AvgIpc) is 3.53. The van der Waals surface area contributed by atoms with Crippen LogP contribution in [0.1, 0.15) is 53.8 Å². The van der Waals surface area contributed by atoms with Crippen molar-refractivity contribution in [1.82, 2.24) is 14.8 Å². The Hall–Kier alpha value is -2.02. The van der Waals surface area contributed by atoms with Gasteiger partial charge in [-0.05, 0) is 43.9 Å². The lowest BCUT2D eigenvalue weighted by atomic mass is 10.1. The predicted molar refractivity (Wildman–Crippen MR) is 87.9 cm³/mol. The van der Waals surface area contributed by atoms with E-state index < -0.39 is 0 Å². The molecule has 0 atom stereocenters. The van der Waals surface area contributed by atoms with Gasteiger partial charge in [0.1, 0.15) is 5.82 Å². The number of Topliss-reactive ketones (excluding diaryl/α,β-unsaturated/α-hetero) is 1. The number of nitrogens with zero attached hydrogens (tertiary/aromatic N) is 3. The van der Waals surface area contributed by atoms with Gasteiger partial charge in [0, 0.05) is 17.5 Å². The number of rotatable bonds is 6. The minimum absolute atomic E-state index is 0.0663. The molecule has 1 aliphatic heterocycles. The Morgan fingerprint density at radius 2 is 2.00 bits per heavy atom. The summed E-state index contributed by atoms with van der Waals surface area (Å²) in [4.78, 5) is 12.5. The summed E-state index contributed by atoms with van der Waals surface area (Å²) < 4.78 is 12.9. The van der Waals surface area contributed by atoms with E-state index in [1.165, 1.54) is 37.4 Å². The van der Waals surface area contributed by atoms with E-state index in [0.717, 1.165) is 11.0 Å². The molecule has 3 aliphatic rings. The van der Waals surface area contributed by atoms with Crippen molar-refractivity contribution in [3.63, 3.8) is 0 Å². The third-order valence-electron chi connectivity index (χ3n) is 4.57. The lowest BCUT2D eigenvalue weighted by Gasteiger charge is -2.08. The number of hydrogen-bond acceptors (Lipinski definition) is 6. The van der Waals surface area contributed by atoms with E-state index >= 15 is 0 Å². The molecule has 0 N–H and O–H groups in total. The summed E-state index contributed by atoms with van der Waals surface area (Å²) in [6, 6.07) is 5.88. The summed E-state index contributed by atoms with van der Waals surface area (Å²) in [6.45, 7) is 0.218. The van der Waals surface area contributed by atoms with E-state index in [-0.39, 0.29) is 12.6 Å². The molecule has 0 radical (unpaired) electrons. The van der Waals surface area contributed by atoms with Crippen LogP contribution in [0, 0.1) is 0 Å². The normalized spacial score (nSPS) is 18.8. The van der Waals surface area contributed by atoms with E-state index in [2.05, 4.69) is 14.8 Å². The molecule has 0 unspecified atom stereocenters. The molecule has 6 nitrogen and oxygen atoms in total. The highest BCUT2D eigenvalue weighted by molar-refractivity contribution is 7.99. The Kier molecular flexibility index (Phi) is 3.29. The van der Waals surface area contributed by atoms with Gasteiger partial charge in [0.15, 0.2) is 22.4 Å². The first-order valence-electron chi connectivity index (χ1n) is 8.30. The van der Waals surface area contributed by atoms with Crippen molar-refractivity contribution >= 4 is 17.5 Å². The molecule has 2 aliphatic carbocycles. The second kappa shape index (κ2) is 5.51. The number of ether oxygens (including phenoxy) is 2. The number of fused-ring (bicyclic) bond motifs is 1. The van der Waals surface area contributed by atoms with E-state index in [4.69, 9.17) is 9.47 Å². The van der Waals surface area contributed by atoms with Gasteiger partial charge in [-0.25, -0.2) is 0 Å². The van der Waals surface area contributed by atoms with E-state index in [1.807, 2.05) is 0 Å². The minimum Gasteiger partial charge on any atom is -0.454 e.